The summed E-state index contributed by atoms with van der Waals surface area (Å²) in [6.07, 6.45) is 1.40. The third-order valence-corrected chi connectivity index (χ3v) is 5.59. The van der Waals surface area contributed by atoms with Gasteiger partial charge in [0.25, 0.3) is 0 Å². The minimum absolute atomic E-state index is 0.131. The summed E-state index contributed by atoms with van der Waals surface area (Å²) in [7, 11) is 1.67. The smallest absolute Gasteiger partial charge is 0.306 e. The Kier molecular flexibility index (Phi) is 6.17. The van der Waals surface area contributed by atoms with Crippen molar-refractivity contribution in [2.75, 3.05) is 20.2 Å². The van der Waals surface area contributed by atoms with Gasteiger partial charge in [-0.25, -0.2) is 0 Å². The van der Waals surface area contributed by atoms with Gasteiger partial charge in [0, 0.05) is 0 Å². The quantitative estimate of drug-likeness (QED) is 0.804. The maximum Gasteiger partial charge on any atom is 0.306 e. The number of nitrogens with zero attached hydrogens (tertiary/aromatic N) is 1. The van der Waals surface area contributed by atoms with Gasteiger partial charge in [0.05, 0.1) is 19.1 Å². The highest BCUT2D eigenvalue weighted by Crippen LogP contribution is 2.34. The predicted molar refractivity (Wildman–Crippen MR) is 107 cm³/mol. The van der Waals surface area contributed by atoms with Gasteiger partial charge in [-0.15, -0.1) is 0 Å². The van der Waals surface area contributed by atoms with Gasteiger partial charge in [0.1, 0.15) is 5.75 Å². The summed E-state index contributed by atoms with van der Waals surface area (Å²) < 4.78 is 5.30. The molecule has 2 aromatic carbocycles. The van der Waals surface area contributed by atoms with Crippen LogP contribution in [-0.2, 0) is 4.79 Å². The normalized spacial score (nSPS) is 17.0. The lowest BCUT2D eigenvalue weighted by Crippen LogP contribution is -2.39. The minimum atomic E-state index is -0.670. The predicted octanol–water partition coefficient (Wildman–Crippen LogP) is 4.70. The fourth-order valence-electron chi connectivity index (χ4n) is 3.87. The van der Waals surface area contributed by atoms with Gasteiger partial charge in [-0.2, -0.15) is 0 Å². The highest BCUT2D eigenvalue weighted by atomic mass is 16.5. The molecule has 0 radical (unpaired) electrons. The van der Waals surface area contributed by atoms with Crippen LogP contribution in [0.5, 0.6) is 5.75 Å². The molecule has 1 fully saturated rings. The van der Waals surface area contributed by atoms with Crippen molar-refractivity contribution >= 4 is 5.97 Å². The second-order valence-electron chi connectivity index (χ2n) is 7.65. The molecule has 0 aromatic heterocycles. The molecule has 0 saturated carbocycles. The van der Waals surface area contributed by atoms with Crippen molar-refractivity contribution in [3.05, 3.63) is 65.2 Å². The molecule has 3 rings (SSSR count). The molecule has 144 valence electrons. The van der Waals surface area contributed by atoms with Crippen LogP contribution in [0.15, 0.2) is 48.5 Å². The van der Waals surface area contributed by atoms with E-state index < -0.39 is 5.97 Å². The fourth-order valence-corrected chi connectivity index (χ4v) is 3.87. The van der Waals surface area contributed by atoms with Gasteiger partial charge in [-0.05, 0) is 60.7 Å². The summed E-state index contributed by atoms with van der Waals surface area (Å²) >= 11 is 0. The molecule has 1 atom stereocenters. The molecule has 1 aliphatic heterocycles. The van der Waals surface area contributed by atoms with Gasteiger partial charge in [0.2, 0.25) is 0 Å². The van der Waals surface area contributed by atoms with Crippen molar-refractivity contribution in [1.82, 2.24) is 4.90 Å². The highest BCUT2D eigenvalue weighted by molar-refractivity contribution is 5.70. The zero-order chi connectivity index (χ0) is 19.4. The SMILES string of the molecule is COc1ccc(C(c2ccc(C(C)C)cc2)N2CCC(C(=O)O)CC2)cc1. The average molecular weight is 367 g/mol. The number of carbonyl (C=O) groups is 1. The number of aliphatic carboxylic acids is 1. The molecule has 1 N–H and O–H groups in total. The van der Waals surface area contributed by atoms with Crippen molar-refractivity contribution in [1.29, 1.82) is 0 Å². The van der Waals surface area contributed by atoms with E-state index in [4.69, 9.17) is 4.74 Å². The molecule has 0 bridgehead atoms. The number of piperidine rings is 1. The van der Waals surface area contributed by atoms with Crippen LogP contribution < -0.4 is 4.74 Å². The number of methoxy groups -OCH3 is 1. The first-order valence-corrected chi connectivity index (χ1v) is 9.70. The largest absolute Gasteiger partial charge is 0.497 e. The van der Waals surface area contributed by atoms with Crippen LogP contribution in [0.1, 0.15) is 55.3 Å². The molecule has 4 heteroatoms. The summed E-state index contributed by atoms with van der Waals surface area (Å²) in [5.41, 5.74) is 3.79. The Morgan fingerprint density at radius 3 is 1.89 bits per heavy atom. The van der Waals surface area contributed by atoms with Crippen molar-refractivity contribution in [3.8, 4) is 5.75 Å². The van der Waals surface area contributed by atoms with E-state index in [2.05, 4.69) is 55.1 Å². The van der Waals surface area contributed by atoms with Crippen molar-refractivity contribution in [2.24, 2.45) is 5.92 Å². The third-order valence-electron chi connectivity index (χ3n) is 5.59. The molecule has 4 nitrogen and oxygen atoms in total. The van der Waals surface area contributed by atoms with Crippen molar-refractivity contribution in [2.45, 2.75) is 38.6 Å². The van der Waals surface area contributed by atoms with E-state index in [1.165, 1.54) is 16.7 Å². The summed E-state index contributed by atoms with van der Waals surface area (Å²) in [6, 6.07) is 17.2. The first-order valence-electron chi connectivity index (χ1n) is 9.70. The van der Waals surface area contributed by atoms with Gasteiger partial charge >= 0.3 is 5.97 Å². The molecule has 0 spiro atoms. The molecular weight excluding hydrogens is 338 g/mol. The Labute approximate surface area is 161 Å². The monoisotopic (exact) mass is 367 g/mol. The first-order chi connectivity index (χ1) is 13.0. The van der Waals surface area contributed by atoms with Gasteiger partial charge in [-0.3, -0.25) is 9.69 Å². The number of hydrogen-bond donors (Lipinski definition) is 1. The zero-order valence-electron chi connectivity index (χ0n) is 16.4. The Morgan fingerprint density at radius 1 is 0.963 bits per heavy atom. The van der Waals surface area contributed by atoms with E-state index >= 15 is 0 Å². The lowest BCUT2D eigenvalue weighted by Gasteiger charge is -2.37. The number of carboxylic acids is 1. The highest BCUT2D eigenvalue weighted by Gasteiger charge is 2.30. The van der Waals surface area contributed by atoms with Crippen molar-refractivity contribution in [3.63, 3.8) is 0 Å². The molecule has 1 aliphatic rings. The average Bonchev–Trinajstić information content (AvgIpc) is 2.69. The van der Waals surface area contributed by atoms with Crippen LogP contribution in [0.25, 0.3) is 0 Å². The minimum Gasteiger partial charge on any atom is -0.497 e. The van der Waals surface area contributed by atoms with Crippen LogP contribution in [0.3, 0.4) is 0 Å². The molecular formula is C23H29NO3. The molecule has 1 heterocycles. The maximum atomic E-state index is 11.3. The first kappa shape index (κ1) is 19.4. The van der Waals surface area contributed by atoms with Crippen LogP contribution >= 0.6 is 0 Å². The molecule has 1 saturated heterocycles. The van der Waals surface area contributed by atoms with E-state index in [-0.39, 0.29) is 12.0 Å². The molecule has 1 unspecified atom stereocenters. The number of likely N-dealkylation sites (tertiary alicyclic amines) is 1. The second kappa shape index (κ2) is 8.57. The Hall–Kier alpha value is -2.33. The van der Waals surface area contributed by atoms with Gasteiger partial charge in [0.15, 0.2) is 0 Å². The number of hydrogen-bond acceptors (Lipinski definition) is 3. The standard InChI is InChI=1S/C23H29NO3/c1-16(2)17-4-6-18(7-5-17)22(19-8-10-21(27-3)11-9-19)24-14-12-20(13-15-24)23(25)26/h4-11,16,20,22H,12-15H2,1-3H3,(H,25,26). The van der Waals surface area contributed by atoms with E-state index in [1.807, 2.05) is 12.1 Å². The molecule has 27 heavy (non-hydrogen) atoms. The maximum absolute atomic E-state index is 11.3. The summed E-state index contributed by atoms with van der Waals surface area (Å²) in [5.74, 6) is 0.458. The third kappa shape index (κ3) is 4.51. The Morgan fingerprint density at radius 2 is 1.44 bits per heavy atom. The van der Waals surface area contributed by atoms with Crippen molar-refractivity contribution < 1.29 is 14.6 Å². The Balaban J connectivity index is 1.90. The second-order valence-corrected chi connectivity index (χ2v) is 7.65. The van der Waals surface area contributed by atoms with Gasteiger partial charge in [-0.1, -0.05) is 50.2 Å². The van der Waals surface area contributed by atoms with Crippen LogP contribution in [0, 0.1) is 5.92 Å². The molecule has 2 aromatic rings. The topological polar surface area (TPSA) is 49.8 Å². The number of carboxylic acid groups (broad SMARTS) is 1. The Bertz CT molecular complexity index is 744. The lowest BCUT2D eigenvalue weighted by atomic mass is 9.90. The van der Waals surface area contributed by atoms with Gasteiger partial charge < -0.3 is 9.84 Å². The summed E-state index contributed by atoms with van der Waals surface area (Å²) in [6.45, 7) is 5.98. The van der Waals surface area contributed by atoms with Crippen LogP contribution in [0.4, 0.5) is 0 Å². The van der Waals surface area contributed by atoms with Crippen LogP contribution in [0.2, 0.25) is 0 Å². The number of rotatable bonds is 6. The van der Waals surface area contributed by atoms with E-state index in [0.717, 1.165) is 18.8 Å². The fraction of sp³-hybridized carbons (Fsp3) is 0.435. The molecule has 0 aliphatic carbocycles. The summed E-state index contributed by atoms with van der Waals surface area (Å²) in [5, 5.41) is 9.30. The van der Waals surface area contributed by atoms with E-state index in [0.29, 0.717) is 18.8 Å². The van der Waals surface area contributed by atoms with E-state index in [1.54, 1.807) is 7.11 Å². The number of benzene rings is 2. The lowest BCUT2D eigenvalue weighted by molar-refractivity contribution is -0.143. The van der Waals surface area contributed by atoms with E-state index in [9.17, 15) is 9.90 Å². The number of ether oxygens (including phenoxy) is 1. The molecule has 0 amide bonds. The zero-order valence-corrected chi connectivity index (χ0v) is 16.4. The van der Waals surface area contributed by atoms with Crippen LogP contribution in [-0.4, -0.2) is 36.2 Å². The summed E-state index contributed by atoms with van der Waals surface area (Å²) in [4.78, 5) is 13.7.